The number of rotatable bonds is 5. The van der Waals surface area contributed by atoms with Gasteiger partial charge in [0.25, 0.3) is 0 Å². The molecule has 8 heteroatoms. The molecule has 2 aliphatic rings. The molecule has 1 aromatic heterocycles. The number of morpholine rings is 1. The van der Waals surface area contributed by atoms with Crippen molar-refractivity contribution >= 4 is 21.4 Å². The van der Waals surface area contributed by atoms with Crippen molar-refractivity contribution in [2.24, 2.45) is 5.92 Å². The van der Waals surface area contributed by atoms with Crippen LogP contribution in [0.15, 0.2) is 5.38 Å². The van der Waals surface area contributed by atoms with Crippen LogP contribution in [0.2, 0.25) is 0 Å². The Bertz CT molecular complexity index is 616. The summed E-state index contributed by atoms with van der Waals surface area (Å²) in [6.07, 6.45) is 2.98. The number of hydrogen-bond acceptors (Lipinski definition) is 6. The first-order chi connectivity index (χ1) is 10.4. The minimum atomic E-state index is -3.16. The molecule has 0 N–H and O–H groups in total. The normalized spacial score (nSPS) is 29.6. The highest BCUT2D eigenvalue weighted by Gasteiger charge is 2.44. The SMILES string of the molecule is Cc1nc(COCC2CC3OCCN(S(C)(=O)=O)C3C2)cs1. The van der Waals surface area contributed by atoms with Crippen molar-refractivity contribution in [2.45, 2.75) is 38.5 Å². The summed E-state index contributed by atoms with van der Waals surface area (Å²) in [5.74, 6) is 0.345. The largest absolute Gasteiger partial charge is 0.375 e. The predicted molar refractivity (Wildman–Crippen MR) is 84.3 cm³/mol. The van der Waals surface area contributed by atoms with Gasteiger partial charge in [-0.2, -0.15) is 4.31 Å². The molecule has 3 unspecified atom stereocenters. The van der Waals surface area contributed by atoms with Crippen molar-refractivity contribution in [1.82, 2.24) is 9.29 Å². The van der Waals surface area contributed by atoms with Crippen LogP contribution in [0.1, 0.15) is 23.5 Å². The number of ether oxygens (including phenoxy) is 2. The van der Waals surface area contributed by atoms with Crippen molar-refractivity contribution in [3.63, 3.8) is 0 Å². The van der Waals surface area contributed by atoms with Gasteiger partial charge in [0.05, 0.1) is 48.9 Å². The molecule has 0 amide bonds. The van der Waals surface area contributed by atoms with Crippen LogP contribution in [-0.4, -0.2) is 55.9 Å². The smallest absolute Gasteiger partial charge is 0.211 e. The first-order valence-electron chi connectivity index (χ1n) is 7.50. The van der Waals surface area contributed by atoms with E-state index in [4.69, 9.17) is 9.47 Å². The van der Waals surface area contributed by atoms with E-state index in [-0.39, 0.29) is 12.1 Å². The molecule has 1 saturated heterocycles. The second-order valence-corrected chi connectivity index (χ2v) is 9.06. The fraction of sp³-hybridized carbons (Fsp3) is 0.786. The van der Waals surface area contributed by atoms with Crippen LogP contribution in [-0.2, 0) is 26.1 Å². The fourth-order valence-electron chi connectivity index (χ4n) is 3.37. The lowest BCUT2D eigenvalue weighted by Crippen LogP contribution is -2.50. The van der Waals surface area contributed by atoms with E-state index < -0.39 is 10.0 Å². The van der Waals surface area contributed by atoms with Crippen LogP contribution in [0, 0.1) is 12.8 Å². The van der Waals surface area contributed by atoms with Crippen molar-refractivity contribution in [3.05, 3.63) is 16.1 Å². The standard InChI is InChI=1S/C14H22N2O4S2/c1-10-15-12(9-21-10)8-19-7-11-5-13-14(6-11)20-4-3-16(13)22(2,17)18/h9,11,13-14H,3-8H2,1-2H3. The Morgan fingerprint density at radius 2 is 2.32 bits per heavy atom. The molecule has 124 valence electrons. The van der Waals surface area contributed by atoms with E-state index in [0.29, 0.717) is 32.3 Å². The molecule has 6 nitrogen and oxygen atoms in total. The van der Waals surface area contributed by atoms with Gasteiger partial charge in [-0.05, 0) is 25.7 Å². The third-order valence-electron chi connectivity index (χ3n) is 4.28. The molecule has 0 radical (unpaired) electrons. The second kappa shape index (κ2) is 6.52. The highest BCUT2D eigenvalue weighted by molar-refractivity contribution is 7.88. The molecular weight excluding hydrogens is 324 g/mol. The number of nitrogens with zero attached hydrogens (tertiary/aromatic N) is 2. The summed E-state index contributed by atoms with van der Waals surface area (Å²) in [4.78, 5) is 4.37. The van der Waals surface area contributed by atoms with Gasteiger partial charge in [0, 0.05) is 11.9 Å². The zero-order valence-corrected chi connectivity index (χ0v) is 14.5. The van der Waals surface area contributed by atoms with Gasteiger partial charge in [-0.25, -0.2) is 13.4 Å². The molecule has 0 bridgehead atoms. The fourth-order valence-corrected chi connectivity index (χ4v) is 5.09. The molecule has 3 atom stereocenters. The van der Waals surface area contributed by atoms with Crippen LogP contribution >= 0.6 is 11.3 Å². The highest BCUT2D eigenvalue weighted by atomic mass is 32.2. The van der Waals surface area contributed by atoms with Crippen molar-refractivity contribution in [1.29, 1.82) is 0 Å². The summed E-state index contributed by atoms with van der Waals surface area (Å²) in [6, 6.07) is -0.0288. The van der Waals surface area contributed by atoms with Gasteiger partial charge in [0.1, 0.15) is 0 Å². The maximum absolute atomic E-state index is 11.9. The molecule has 22 heavy (non-hydrogen) atoms. The number of aromatic nitrogens is 1. The Hall–Kier alpha value is -0.540. The summed E-state index contributed by atoms with van der Waals surface area (Å²) < 4.78 is 36.9. The Kier molecular flexibility index (Phi) is 4.84. The topological polar surface area (TPSA) is 68.7 Å². The summed E-state index contributed by atoms with van der Waals surface area (Å²) in [5.41, 5.74) is 0.965. The first-order valence-corrected chi connectivity index (χ1v) is 10.2. The van der Waals surface area contributed by atoms with E-state index in [0.717, 1.165) is 23.5 Å². The number of sulfonamides is 1. The van der Waals surface area contributed by atoms with Crippen LogP contribution in [0.25, 0.3) is 0 Å². The van der Waals surface area contributed by atoms with Crippen LogP contribution in [0.3, 0.4) is 0 Å². The van der Waals surface area contributed by atoms with Crippen LogP contribution < -0.4 is 0 Å². The number of thiazole rings is 1. The van der Waals surface area contributed by atoms with E-state index in [2.05, 4.69) is 4.98 Å². The molecular formula is C14H22N2O4S2. The second-order valence-electron chi connectivity index (χ2n) is 6.06. The Balaban J connectivity index is 1.52. The minimum absolute atomic E-state index is 0.0126. The molecule has 1 aliphatic heterocycles. The van der Waals surface area contributed by atoms with Crippen molar-refractivity contribution in [2.75, 3.05) is 26.0 Å². The van der Waals surface area contributed by atoms with Gasteiger partial charge in [-0.1, -0.05) is 0 Å². The minimum Gasteiger partial charge on any atom is -0.375 e. The predicted octanol–water partition coefficient (Wildman–Crippen LogP) is 1.41. The van der Waals surface area contributed by atoms with Crippen molar-refractivity contribution < 1.29 is 17.9 Å². The number of hydrogen-bond donors (Lipinski definition) is 0. The lowest BCUT2D eigenvalue weighted by atomic mass is 10.1. The summed E-state index contributed by atoms with van der Waals surface area (Å²) in [6.45, 7) is 4.08. The molecule has 1 aliphatic carbocycles. The maximum Gasteiger partial charge on any atom is 0.211 e. The van der Waals surface area contributed by atoms with Gasteiger partial charge in [-0.15, -0.1) is 11.3 Å². The molecule has 1 aromatic rings. The van der Waals surface area contributed by atoms with Gasteiger partial charge in [0.2, 0.25) is 10.0 Å². The Morgan fingerprint density at radius 3 is 3.00 bits per heavy atom. The third kappa shape index (κ3) is 3.68. The van der Waals surface area contributed by atoms with Gasteiger partial charge >= 0.3 is 0 Å². The third-order valence-corrected chi connectivity index (χ3v) is 6.41. The molecule has 1 saturated carbocycles. The Morgan fingerprint density at radius 1 is 1.50 bits per heavy atom. The number of fused-ring (bicyclic) bond motifs is 1. The van der Waals surface area contributed by atoms with E-state index in [1.165, 1.54) is 6.26 Å². The van der Waals surface area contributed by atoms with Crippen molar-refractivity contribution in [3.8, 4) is 0 Å². The summed E-state index contributed by atoms with van der Waals surface area (Å²) in [5, 5.41) is 3.06. The monoisotopic (exact) mass is 346 g/mol. The van der Waals surface area contributed by atoms with E-state index in [1.54, 1.807) is 15.6 Å². The van der Waals surface area contributed by atoms with Crippen LogP contribution in [0.5, 0.6) is 0 Å². The lowest BCUT2D eigenvalue weighted by Gasteiger charge is -2.35. The first kappa shape index (κ1) is 16.3. The van der Waals surface area contributed by atoms with Gasteiger partial charge in [0.15, 0.2) is 0 Å². The zero-order chi connectivity index (χ0) is 15.7. The highest BCUT2D eigenvalue weighted by Crippen LogP contribution is 2.35. The molecule has 2 fully saturated rings. The van der Waals surface area contributed by atoms with Gasteiger partial charge in [-0.3, -0.25) is 0 Å². The summed E-state index contributed by atoms with van der Waals surface area (Å²) in [7, 11) is -3.16. The van der Waals surface area contributed by atoms with Crippen LogP contribution in [0.4, 0.5) is 0 Å². The molecule has 3 rings (SSSR count). The van der Waals surface area contributed by atoms with Gasteiger partial charge < -0.3 is 9.47 Å². The summed E-state index contributed by atoms with van der Waals surface area (Å²) >= 11 is 1.62. The molecule has 0 spiro atoms. The quantitative estimate of drug-likeness (QED) is 0.806. The molecule has 0 aromatic carbocycles. The zero-order valence-electron chi connectivity index (χ0n) is 12.9. The average molecular weight is 346 g/mol. The van der Waals surface area contributed by atoms with E-state index >= 15 is 0 Å². The van der Waals surface area contributed by atoms with E-state index in [1.807, 2.05) is 12.3 Å². The number of aryl methyl sites for hydroxylation is 1. The Labute approximate surface area is 135 Å². The molecule has 2 heterocycles. The average Bonchev–Trinajstić information content (AvgIpc) is 3.03. The maximum atomic E-state index is 11.9. The lowest BCUT2D eigenvalue weighted by molar-refractivity contribution is -0.0250. The van der Waals surface area contributed by atoms with E-state index in [9.17, 15) is 8.42 Å².